The molecule has 1 aliphatic heterocycles. The second-order valence-corrected chi connectivity index (χ2v) is 7.51. The summed E-state index contributed by atoms with van der Waals surface area (Å²) in [6.07, 6.45) is 6.58. The number of carbonyl (C=O) groups excluding carboxylic acids is 1. The minimum Gasteiger partial charge on any atom is -0.352 e. The van der Waals surface area contributed by atoms with E-state index in [9.17, 15) is 4.79 Å². The molecule has 1 amide bonds. The zero-order valence-electron chi connectivity index (χ0n) is 14.9. The van der Waals surface area contributed by atoms with E-state index < -0.39 is 0 Å². The highest BCUT2D eigenvalue weighted by atomic mass is 35.5. The number of carbonyl (C=O) groups is 1. The van der Waals surface area contributed by atoms with Crippen molar-refractivity contribution < 1.29 is 4.79 Å². The second kappa shape index (κ2) is 8.35. The van der Waals surface area contributed by atoms with E-state index in [4.69, 9.17) is 0 Å². The van der Waals surface area contributed by atoms with Crippen molar-refractivity contribution in [3.05, 3.63) is 35.4 Å². The minimum atomic E-state index is -0.311. The summed E-state index contributed by atoms with van der Waals surface area (Å²) in [6.45, 7) is 6.39. The second-order valence-electron chi connectivity index (χ2n) is 7.51. The van der Waals surface area contributed by atoms with Crippen LogP contribution in [0.4, 0.5) is 0 Å². The molecule has 1 aromatic carbocycles. The molecule has 0 spiro atoms. The molecular formula is C20H31ClN2O. The van der Waals surface area contributed by atoms with Crippen molar-refractivity contribution in [3.8, 4) is 0 Å². The van der Waals surface area contributed by atoms with Crippen LogP contribution in [0.15, 0.2) is 24.3 Å². The zero-order valence-corrected chi connectivity index (χ0v) is 15.8. The zero-order chi connectivity index (χ0) is 16.3. The standard InChI is InChI=1S/C20H30N2O.ClH/c1-15-8-4-5-9-17(15)20(11-6-3-7-12-20)19(23)22-18-10-13-21-14-16(18)2;/h4-5,8-9,16,18,21H,3,6-7,10-14H2,1-2H3,(H,22,23);1H. The maximum absolute atomic E-state index is 13.4. The summed E-state index contributed by atoms with van der Waals surface area (Å²) in [4.78, 5) is 13.4. The molecule has 0 bridgehead atoms. The van der Waals surface area contributed by atoms with Crippen LogP contribution in [0, 0.1) is 12.8 Å². The van der Waals surface area contributed by atoms with Gasteiger partial charge in [-0.25, -0.2) is 0 Å². The topological polar surface area (TPSA) is 41.1 Å². The highest BCUT2D eigenvalue weighted by molar-refractivity contribution is 5.89. The lowest BCUT2D eigenvalue weighted by Crippen LogP contribution is -2.54. The molecular weight excluding hydrogens is 320 g/mol. The molecule has 3 nitrogen and oxygen atoms in total. The summed E-state index contributed by atoms with van der Waals surface area (Å²) in [7, 11) is 0. The molecule has 0 radical (unpaired) electrons. The first-order valence-corrected chi connectivity index (χ1v) is 9.21. The number of nitrogens with one attached hydrogen (secondary N) is 2. The Hall–Kier alpha value is -1.06. The molecule has 4 heteroatoms. The van der Waals surface area contributed by atoms with Crippen LogP contribution in [-0.4, -0.2) is 25.0 Å². The summed E-state index contributed by atoms with van der Waals surface area (Å²) in [6, 6.07) is 8.78. The number of amides is 1. The fourth-order valence-electron chi connectivity index (χ4n) is 4.42. The highest BCUT2D eigenvalue weighted by Crippen LogP contribution is 2.41. The Bertz CT molecular complexity index is 554. The molecule has 134 valence electrons. The number of hydrogen-bond acceptors (Lipinski definition) is 2. The van der Waals surface area contributed by atoms with Crippen molar-refractivity contribution in [1.82, 2.24) is 10.6 Å². The third-order valence-electron chi connectivity index (χ3n) is 5.90. The van der Waals surface area contributed by atoms with Crippen molar-refractivity contribution in [2.75, 3.05) is 13.1 Å². The normalized spacial score (nSPS) is 26.2. The van der Waals surface area contributed by atoms with Gasteiger partial charge in [0.2, 0.25) is 5.91 Å². The maximum atomic E-state index is 13.4. The fraction of sp³-hybridized carbons (Fsp3) is 0.650. The van der Waals surface area contributed by atoms with Crippen LogP contribution in [0.5, 0.6) is 0 Å². The molecule has 1 aromatic rings. The number of benzene rings is 1. The van der Waals surface area contributed by atoms with E-state index in [2.05, 4.69) is 48.7 Å². The average Bonchev–Trinajstić information content (AvgIpc) is 2.58. The minimum absolute atomic E-state index is 0. The van der Waals surface area contributed by atoms with E-state index in [1.807, 2.05) is 0 Å². The fourth-order valence-corrected chi connectivity index (χ4v) is 4.42. The lowest BCUT2D eigenvalue weighted by atomic mass is 9.67. The first-order chi connectivity index (χ1) is 11.1. The van der Waals surface area contributed by atoms with Crippen molar-refractivity contribution in [2.45, 2.75) is 63.8 Å². The summed E-state index contributed by atoms with van der Waals surface area (Å²) < 4.78 is 0. The van der Waals surface area contributed by atoms with E-state index in [1.165, 1.54) is 17.5 Å². The van der Waals surface area contributed by atoms with Crippen LogP contribution in [0.3, 0.4) is 0 Å². The predicted octanol–water partition coefficient (Wildman–Crippen LogP) is 3.73. The van der Waals surface area contributed by atoms with Crippen LogP contribution >= 0.6 is 12.4 Å². The molecule has 3 rings (SSSR count). The first-order valence-electron chi connectivity index (χ1n) is 9.21. The van der Waals surface area contributed by atoms with Gasteiger partial charge in [-0.2, -0.15) is 0 Å². The quantitative estimate of drug-likeness (QED) is 0.872. The van der Waals surface area contributed by atoms with Gasteiger partial charge in [0.15, 0.2) is 0 Å². The van der Waals surface area contributed by atoms with Gasteiger partial charge in [0.25, 0.3) is 0 Å². The molecule has 0 aromatic heterocycles. The molecule has 2 atom stereocenters. The Kier molecular flexibility index (Phi) is 6.70. The maximum Gasteiger partial charge on any atom is 0.230 e. The molecule has 2 aliphatic rings. The molecule has 1 saturated heterocycles. The van der Waals surface area contributed by atoms with E-state index >= 15 is 0 Å². The van der Waals surface area contributed by atoms with Gasteiger partial charge < -0.3 is 10.6 Å². The molecule has 2 N–H and O–H groups in total. The average molecular weight is 351 g/mol. The third kappa shape index (κ3) is 3.78. The van der Waals surface area contributed by atoms with Crippen LogP contribution in [0.25, 0.3) is 0 Å². The van der Waals surface area contributed by atoms with E-state index in [1.54, 1.807) is 0 Å². The van der Waals surface area contributed by atoms with Gasteiger partial charge in [0, 0.05) is 6.04 Å². The van der Waals surface area contributed by atoms with Crippen molar-refractivity contribution in [2.24, 2.45) is 5.92 Å². The monoisotopic (exact) mass is 350 g/mol. The third-order valence-corrected chi connectivity index (χ3v) is 5.90. The lowest BCUT2D eigenvalue weighted by Gasteiger charge is -2.40. The van der Waals surface area contributed by atoms with Gasteiger partial charge in [-0.05, 0) is 56.3 Å². The SMILES string of the molecule is Cc1ccccc1C1(C(=O)NC2CCNCC2C)CCCCC1.Cl. The molecule has 1 saturated carbocycles. The molecule has 1 heterocycles. The number of piperidine rings is 1. The van der Waals surface area contributed by atoms with Gasteiger partial charge in [-0.1, -0.05) is 50.5 Å². The lowest BCUT2D eigenvalue weighted by molar-refractivity contribution is -0.129. The molecule has 2 fully saturated rings. The summed E-state index contributed by atoms with van der Waals surface area (Å²) in [5.41, 5.74) is 2.19. The van der Waals surface area contributed by atoms with Gasteiger partial charge in [0.05, 0.1) is 5.41 Å². The Morgan fingerprint density at radius 2 is 1.92 bits per heavy atom. The van der Waals surface area contributed by atoms with Gasteiger partial charge in [0.1, 0.15) is 0 Å². The predicted molar refractivity (Wildman–Crippen MR) is 102 cm³/mol. The van der Waals surface area contributed by atoms with Crippen molar-refractivity contribution in [3.63, 3.8) is 0 Å². The highest BCUT2D eigenvalue weighted by Gasteiger charge is 2.43. The number of hydrogen-bond donors (Lipinski definition) is 2. The largest absolute Gasteiger partial charge is 0.352 e. The van der Waals surface area contributed by atoms with Gasteiger partial charge >= 0.3 is 0 Å². The van der Waals surface area contributed by atoms with Crippen LogP contribution < -0.4 is 10.6 Å². The molecule has 1 aliphatic carbocycles. The Balaban J connectivity index is 0.00000208. The van der Waals surface area contributed by atoms with Crippen LogP contribution in [-0.2, 0) is 10.2 Å². The number of aryl methyl sites for hydroxylation is 1. The summed E-state index contributed by atoms with van der Waals surface area (Å²) >= 11 is 0. The van der Waals surface area contributed by atoms with E-state index in [0.717, 1.165) is 45.2 Å². The van der Waals surface area contributed by atoms with E-state index in [-0.39, 0.29) is 23.7 Å². The Labute approximate surface area is 152 Å². The molecule has 24 heavy (non-hydrogen) atoms. The van der Waals surface area contributed by atoms with Gasteiger partial charge in [-0.15, -0.1) is 12.4 Å². The first kappa shape index (κ1) is 19.3. The molecule has 2 unspecified atom stereocenters. The van der Waals surface area contributed by atoms with E-state index in [0.29, 0.717) is 12.0 Å². The Morgan fingerprint density at radius 1 is 1.21 bits per heavy atom. The number of rotatable bonds is 3. The number of halogens is 1. The smallest absolute Gasteiger partial charge is 0.230 e. The summed E-state index contributed by atoms with van der Waals surface area (Å²) in [5.74, 6) is 0.774. The van der Waals surface area contributed by atoms with Gasteiger partial charge in [-0.3, -0.25) is 4.79 Å². The van der Waals surface area contributed by atoms with Crippen LogP contribution in [0.2, 0.25) is 0 Å². The Morgan fingerprint density at radius 3 is 2.58 bits per heavy atom. The van der Waals surface area contributed by atoms with Crippen molar-refractivity contribution in [1.29, 1.82) is 0 Å². The van der Waals surface area contributed by atoms with Crippen LogP contribution in [0.1, 0.15) is 56.6 Å². The summed E-state index contributed by atoms with van der Waals surface area (Å²) in [5, 5.41) is 6.84. The van der Waals surface area contributed by atoms with Crippen molar-refractivity contribution >= 4 is 18.3 Å².